The highest BCUT2D eigenvalue weighted by atomic mass is 16.4. The number of primary amides is 1. The Morgan fingerprint density at radius 2 is 1.08 bits per heavy atom. The lowest BCUT2D eigenvalue weighted by atomic mass is 9.96. The van der Waals surface area contributed by atoms with Gasteiger partial charge in [0.2, 0.25) is 47.3 Å². The summed E-state index contributed by atoms with van der Waals surface area (Å²) in [6.07, 6.45) is 2.17. The first-order chi connectivity index (χ1) is 27.8. The van der Waals surface area contributed by atoms with Gasteiger partial charge < -0.3 is 48.1 Å². The first kappa shape index (κ1) is 48.6. The third-order valence-corrected chi connectivity index (χ3v) is 9.21. The quantitative estimate of drug-likeness (QED) is 0.0640. The zero-order valence-electron chi connectivity index (χ0n) is 34.1. The van der Waals surface area contributed by atoms with E-state index < -0.39 is 102 Å². The summed E-state index contributed by atoms with van der Waals surface area (Å²) in [6, 6.07) is 10.5. The maximum atomic E-state index is 13.7. The summed E-state index contributed by atoms with van der Waals surface area (Å²) < 4.78 is 0. The molecule has 0 spiro atoms. The van der Waals surface area contributed by atoms with Crippen LogP contribution >= 0.6 is 0 Å². The number of hydrogen-bond acceptors (Lipinski definition) is 9. The van der Waals surface area contributed by atoms with E-state index >= 15 is 0 Å². The Hall–Kier alpha value is -6.59. The smallest absolute Gasteiger partial charge is 0.326 e. The van der Waals surface area contributed by atoms with E-state index in [0.29, 0.717) is 17.5 Å². The Balaban J connectivity index is 2.05. The summed E-state index contributed by atoms with van der Waals surface area (Å²) in [7, 11) is 0. The molecule has 18 heteroatoms. The van der Waals surface area contributed by atoms with E-state index in [0.717, 1.165) is 12.2 Å². The molecular weight excluding hydrogens is 764 g/mol. The van der Waals surface area contributed by atoms with Crippen LogP contribution in [-0.4, -0.2) is 101 Å². The average molecular weight is 821 g/mol. The Morgan fingerprint density at radius 3 is 1.58 bits per heavy atom. The molecule has 0 saturated heterocycles. The predicted octanol–water partition coefficient (Wildman–Crippen LogP) is -0.635. The van der Waals surface area contributed by atoms with Gasteiger partial charge in [-0.15, -0.1) is 0 Å². The lowest BCUT2D eigenvalue weighted by Crippen LogP contribution is -2.59. The van der Waals surface area contributed by atoms with Gasteiger partial charge in [-0.3, -0.25) is 38.4 Å². The molecule has 0 heterocycles. The van der Waals surface area contributed by atoms with Crippen LogP contribution in [0.15, 0.2) is 72.8 Å². The van der Waals surface area contributed by atoms with Crippen molar-refractivity contribution in [3.63, 3.8) is 0 Å². The number of carbonyl (C=O) groups excluding carboxylic acids is 8. The average Bonchev–Trinajstić information content (AvgIpc) is 3.19. The predicted molar refractivity (Wildman–Crippen MR) is 216 cm³/mol. The molecule has 10 N–H and O–H groups in total. The van der Waals surface area contributed by atoms with Crippen LogP contribution in [0.4, 0.5) is 0 Å². The molecule has 0 bridgehead atoms. The number of nitrogens with one attached hydrogen (secondary N) is 7. The van der Waals surface area contributed by atoms with E-state index in [2.05, 4.69) is 37.2 Å². The summed E-state index contributed by atoms with van der Waals surface area (Å²) in [5.74, 6) is -8.00. The minimum absolute atomic E-state index is 0.0000605. The molecule has 0 aliphatic rings. The molecule has 0 radical (unpaired) electrons. The molecule has 18 nitrogen and oxygen atoms in total. The van der Waals surface area contributed by atoms with Crippen LogP contribution in [0, 0.1) is 11.8 Å². The Morgan fingerprint density at radius 1 is 0.593 bits per heavy atom. The van der Waals surface area contributed by atoms with Crippen molar-refractivity contribution >= 4 is 53.2 Å². The fraction of sp³-hybridized carbons (Fsp3) is 0.439. The molecule has 2 aromatic rings. The second-order valence-corrected chi connectivity index (χ2v) is 14.4. The minimum atomic E-state index is -1.26. The highest BCUT2D eigenvalue weighted by molar-refractivity contribution is 6.01. The molecule has 2 aromatic carbocycles. The molecular formula is C41H56N8O10. The molecule has 0 aromatic heterocycles. The summed E-state index contributed by atoms with van der Waals surface area (Å²) in [6.45, 7) is 9.11. The van der Waals surface area contributed by atoms with Crippen LogP contribution < -0.4 is 43.0 Å². The first-order valence-corrected chi connectivity index (χ1v) is 19.2. The third-order valence-electron chi connectivity index (χ3n) is 9.21. The Labute approximate surface area is 343 Å². The zero-order chi connectivity index (χ0) is 44.2. The van der Waals surface area contributed by atoms with Gasteiger partial charge in [0.05, 0.1) is 6.54 Å². The summed E-state index contributed by atoms with van der Waals surface area (Å²) in [5, 5.41) is 26.9. The van der Waals surface area contributed by atoms with E-state index in [1.165, 1.54) is 13.8 Å². The lowest BCUT2D eigenvalue weighted by molar-refractivity contribution is -0.141. The maximum Gasteiger partial charge on any atom is 0.326 e. The van der Waals surface area contributed by atoms with Gasteiger partial charge in [-0.2, -0.15) is 0 Å². The monoisotopic (exact) mass is 820 g/mol. The van der Waals surface area contributed by atoms with Crippen LogP contribution in [0.3, 0.4) is 0 Å². The van der Waals surface area contributed by atoms with Gasteiger partial charge in [-0.1, -0.05) is 94.8 Å². The standard InChI is InChI=1S/C41H56N8O10/c1-7-24(4)35(40(57)45-26(6)38(55)48-34(23(2)3)36(42)53)49-39(56)29(20-27-14-10-8-11-15-27)46-32(51)19-18-31(50)44-25(5)37(54)43-22-33(52)47-30(41(58)59)21-28-16-12-9-13-17-28/h8-19,23-26,29-30,34-35H,7,20-22H2,1-6H3,(H2,42,53)(H,43,54)(H,44,50)(H,45,57)(H,46,51)(H,47,52)(H,48,55)(H,49,56)(H,58,59)/b19-18+/t24-,25-,26-,29-,30-,34-,35-/m0/s1. The zero-order valence-corrected chi connectivity index (χ0v) is 34.1. The molecule has 2 rings (SSSR count). The van der Waals surface area contributed by atoms with Crippen molar-refractivity contribution in [1.29, 1.82) is 0 Å². The van der Waals surface area contributed by atoms with Gasteiger partial charge in [-0.05, 0) is 36.8 Å². The fourth-order valence-corrected chi connectivity index (χ4v) is 5.54. The largest absolute Gasteiger partial charge is 0.480 e. The van der Waals surface area contributed by atoms with E-state index in [1.807, 2.05) is 0 Å². The number of aliphatic carboxylic acids is 1. The molecule has 8 amide bonds. The van der Waals surface area contributed by atoms with Crippen molar-refractivity contribution in [1.82, 2.24) is 37.2 Å². The normalized spacial score (nSPS) is 14.6. The molecule has 0 unspecified atom stereocenters. The Bertz CT molecular complexity index is 1820. The van der Waals surface area contributed by atoms with Crippen LogP contribution in [-0.2, 0) is 56.0 Å². The molecule has 0 fully saturated rings. The van der Waals surface area contributed by atoms with Crippen molar-refractivity contribution in [2.45, 2.75) is 97.1 Å². The van der Waals surface area contributed by atoms with E-state index in [-0.39, 0.29) is 18.8 Å². The number of carboxylic acids is 1. The van der Waals surface area contributed by atoms with Gasteiger partial charge in [-0.25, -0.2) is 4.79 Å². The van der Waals surface area contributed by atoms with Gasteiger partial charge in [0.1, 0.15) is 36.3 Å². The SMILES string of the molecule is CC[C@H](C)[C@H](NC(=O)[C@H](Cc1ccccc1)NC(=O)/C=C/C(=O)N[C@@H](C)C(=O)NCC(=O)N[C@@H](Cc1ccccc1)C(=O)O)C(=O)N[C@@H](C)C(=O)N[C@H](C(N)=O)C(C)C. The molecule has 0 saturated carbocycles. The van der Waals surface area contributed by atoms with Gasteiger partial charge in [0.15, 0.2) is 0 Å². The topological polar surface area (TPSA) is 284 Å². The van der Waals surface area contributed by atoms with Gasteiger partial charge in [0, 0.05) is 25.0 Å². The van der Waals surface area contributed by atoms with Crippen molar-refractivity contribution < 1.29 is 48.3 Å². The summed E-state index contributed by atoms with van der Waals surface area (Å²) in [5.41, 5.74) is 6.76. The van der Waals surface area contributed by atoms with E-state index in [1.54, 1.807) is 88.4 Å². The molecule has 320 valence electrons. The molecule has 59 heavy (non-hydrogen) atoms. The lowest BCUT2D eigenvalue weighted by Gasteiger charge is -2.28. The van der Waals surface area contributed by atoms with Crippen molar-refractivity contribution in [3.8, 4) is 0 Å². The van der Waals surface area contributed by atoms with Gasteiger partial charge >= 0.3 is 5.97 Å². The third kappa shape index (κ3) is 17.2. The number of benzene rings is 2. The number of rotatable bonds is 23. The number of carbonyl (C=O) groups is 9. The minimum Gasteiger partial charge on any atom is -0.480 e. The fourth-order valence-electron chi connectivity index (χ4n) is 5.54. The van der Waals surface area contributed by atoms with Crippen molar-refractivity contribution in [2.24, 2.45) is 17.6 Å². The van der Waals surface area contributed by atoms with Gasteiger partial charge in [0.25, 0.3) is 0 Å². The first-order valence-electron chi connectivity index (χ1n) is 19.2. The second-order valence-electron chi connectivity index (χ2n) is 14.4. The van der Waals surface area contributed by atoms with Crippen LogP contribution in [0.1, 0.15) is 59.1 Å². The highest BCUT2D eigenvalue weighted by Gasteiger charge is 2.32. The number of hydrogen-bond donors (Lipinski definition) is 9. The maximum absolute atomic E-state index is 13.7. The van der Waals surface area contributed by atoms with E-state index in [4.69, 9.17) is 5.73 Å². The molecule has 0 aliphatic carbocycles. The number of nitrogens with two attached hydrogens (primary N) is 1. The van der Waals surface area contributed by atoms with Crippen LogP contribution in [0.5, 0.6) is 0 Å². The van der Waals surface area contributed by atoms with Crippen LogP contribution in [0.25, 0.3) is 0 Å². The van der Waals surface area contributed by atoms with Crippen LogP contribution in [0.2, 0.25) is 0 Å². The van der Waals surface area contributed by atoms with Crippen molar-refractivity contribution in [3.05, 3.63) is 83.9 Å². The number of amides is 8. The Kier molecular flexibility index (Phi) is 20.0. The highest BCUT2D eigenvalue weighted by Crippen LogP contribution is 2.11. The summed E-state index contributed by atoms with van der Waals surface area (Å²) >= 11 is 0. The van der Waals surface area contributed by atoms with Crippen molar-refractivity contribution in [2.75, 3.05) is 6.54 Å². The molecule has 0 aliphatic heterocycles. The molecule has 7 atom stereocenters. The second kappa shape index (κ2) is 24.2. The number of carboxylic acid groups (broad SMARTS) is 1. The summed E-state index contributed by atoms with van der Waals surface area (Å²) in [4.78, 5) is 114. The van der Waals surface area contributed by atoms with E-state index in [9.17, 15) is 48.3 Å².